The lowest BCUT2D eigenvalue weighted by molar-refractivity contribution is -0.261. The van der Waals surface area contributed by atoms with Crippen molar-refractivity contribution in [2.45, 2.75) is 128 Å². The summed E-state index contributed by atoms with van der Waals surface area (Å²) in [5, 5.41) is 11.6. The second-order valence-electron chi connectivity index (χ2n) is 14.7. The summed E-state index contributed by atoms with van der Waals surface area (Å²) in [6, 6.07) is 40.2. The maximum Gasteiger partial charge on any atom is 0.163 e. The van der Waals surface area contributed by atoms with E-state index in [1.807, 2.05) is 135 Å². The van der Waals surface area contributed by atoms with Crippen LogP contribution in [-0.4, -0.2) is 66.3 Å². The van der Waals surface area contributed by atoms with E-state index in [-0.39, 0.29) is 12.7 Å². The Morgan fingerprint density at radius 1 is 0.618 bits per heavy atom. The predicted molar refractivity (Wildman–Crippen MR) is 212 cm³/mol. The van der Waals surface area contributed by atoms with Crippen molar-refractivity contribution in [1.82, 2.24) is 0 Å². The molecule has 2 heterocycles. The van der Waals surface area contributed by atoms with Crippen LogP contribution in [-0.2, 0) is 59.6 Å². The Morgan fingerprint density at radius 2 is 1.11 bits per heavy atom. The molecule has 2 aliphatic rings. The number of aliphatic hydroxyl groups excluding tert-OH is 1. The molecule has 4 aromatic carbocycles. The summed E-state index contributed by atoms with van der Waals surface area (Å²) in [5.74, 6) is 5.57. The zero-order chi connectivity index (χ0) is 38.3. The van der Waals surface area contributed by atoms with Gasteiger partial charge in [0.15, 0.2) is 5.79 Å². The first-order chi connectivity index (χ1) is 26.9. The van der Waals surface area contributed by atoms with Gasteiger partial charge in [-0.2, -0.15) is 0 Å². The van der Waals surface area contributed by atoms with Gasteiger partial charge in [-0.25, -0.2) is 0 Å². The van der Waals surface area contributed by atoms with Crippen LogP contribution in [0.2, 0.25) is 0 Å². The van der Waals surface area contributed by atoms with Crippen molar-refractivity contribution >= 4 is 0 Å². The third kappa shape index (κ3) is 12.3. The van der Waals surface area contributed by atoms with Crippen LogP contribution in [0.25, 0.3) is 0 Å². The van der Waals surface area contributed by atoms with Crippen LogP contribution >= 0.6 is 0 Å². The summed E-state index contributed by atoms with van der Waals surface area (Å²) < 4.78 is 46.0. The van der Waals surface area contributed by atoms with Gasteiger partial charge in [0.25, 0.3) is 0 Å². The van der Waals surface area contributed by atoms with Gasteiger partial charge in [0.1, 0.15) is 42.7 Å². The summed E-state index contributed by atoms with van der Waals surface area (Å²) in [6.07, 6.45) is -1.33. The van der Waals surface area contributed by atoms with Crippen LogP contribution in [0.5, 0.6) is 0 Å². The summed E-state index contributed by atoms with van der Waals surface area (Å²) in [7, 11) is 0. The van der Waals surface area contributed by atoms with Crippen LogP contribution in [0, 0.1) is 11.8 Å². The second kappa shape index (κ2) is 20.9. The zero-order valence-corrected chi connectivity index (χ0v) is 32.3. The fourth-order valence-corrected chi connectivity index (χ4v) is 7.10. The highest BCUT2D eigenvalue weighted by molar-refractivity contribution is 5.20. The fraction of sp³-hybridized carbons (Fsp3) is 0.447. The first-order valence-corrected chi connectivity index (χ1v) is 19.7. The quantitative estimate of drug-likeness (QED) is 0.0806. The van der Waals surface area contributed by atoms with Crippen LogP contribution in [0.4, 0.5) is 0 Å². The standard InChI is InChI=1S/C47H56O8/c1-4-5-10-27-41-43(55-47(2,3)54-41)39(48)28-29-40-44(50-31-36-21-13-7-14-22-36)46(52-33-38-25-17-9-18-26-38)45(51-32-37-23-15-8-16-24-37)42(53-40)34-49-30-35-19-11-6-12-20-35/h6-9,11-26,39-46,48H,4-5,10,27,30-34H2,1-3H3/t39-,40-,41-,42-,43+,44+,45+,46-/m1/s1. The second-order valence-corrected chi connectivity index (χ2v) is 14.7. The van der Waals surface area contributed by atoms with Gasteiger partial charge in [0.05, 0.1) is 39.1 Å². The molecule has 8 nitrogen and oxygen atoms in total. The van der Waals surface area contributed by atoms with Crippen LogP contribution in [0.3, 0.4) is 0 Å². The van der Waals surface area contributed by atoms with E-state index in [1.165, 1.54) is 0 Å². The molecule has 292 valence electrons. The third-order valence-electron chi connectivity index (χ3n) is 9.88. The number of ether oxygens (including phenoxy) is 7. The third-order valence-corrected chi connectivity index (χ3v) is 9.88. The number of hydrogen-bond acceptors (Lipinski definition) is 8. The van der Waals surface area contributed by atoms with E-state index in [0.29, 0.717) is 26.4 Å². The van der Waals surface area contributed by atoms with E-state index < -0.39 is 48.5 Å². The molecule has 0 saturated carbocycles. The molecule has 1 N–H and O–H groups in total. The number of benzene rings is 4. The van der Waals surface area contributed by atoms with Gasteiger partial charge in [0.2, 0.25) is 0 Å². The van der Waals surface area contributed by atoms with E-state index in [9.17, 15) is 5.11 Å². The van der Waals surface area contributed by atoms with Crippen LogP contribution in [0.1, 0.15) is 68.7 Å². The maximum atomic E-state index is 11.6. The van der Waals surface area contributed by atoms with E-state index in [0.717, 1.165) is 47.9 Å². The van der Waals surface area contributed by atoms with E-state index in [2.05, 4.69) is 18.8 Å². The molecule has 2 fully saturated rings. The molecule has 0 bridgehead atoms. The molecule has 2 saturated heterocycles. The van der Waals surface area contributed by atoms with Crippen LogP contribution < -0.4 is 0 Å². The van der Waals surface area contributed by atoms with E-state index in [1.54, 1.807) is 0 Å². The minimum atomic E-state index is -1.12. The van der Waals surface area contributed by atoms with Gasteiger partial charge in [-0.05, 0) is 42.5 Å². The molecule has 55 heavy (non-hydrogen) atoms. The van der Waals surface area contributed by atoms with Crippen molar-refractivity contribution < 1.29 is 38.3 Å². The lowest BCUT2D eigenvalue weighted by Gasteiger charge is -2.45. The monoisotopic (exact) mass is 748 g/mol. The maximum absolute atomic E-state index is 11.6. The first kappa shape index (κ1) is 40.8. The van der Waals surface area contributed by atoms with Crippen molar-refractivity contribution in [2.24, 2.45) is 0 Å². The number of rotatable bonds is 18. The lowest BCUT2D eigenvalue weighted by Crippen LogP contribution is -2.61. The SMILES string of the molecule is CCCCC[C@H]1OC(C)(C)O[C@H]1[C@H](O)C#C[C@H]1O[C@H](COCc2ccccc2)[C@H](OCc2ccccc2)[C@H](OCc2ccccc2)[C@H]1OCc1ccccc1. The summed E-state index contributed by atoms with van der Waals surface area (Å²) >= 11 is 0. The number of hydrogen-bond donors (Lipinski definition) is 1. The molecule has 0 unspecified atom stereocenters. The highest BCUT2D eigenvalue weighted by Gasteiger charge is 2.49. The lowest BCUT2D eigenvalue weighted by atomic mass is 9.93. The first-order valence-electron chi connectivity index (χ1n) is 19.7. The Balaban J connectivity index is 1.32. The van der Waals surface area contributed by atoms with Crippen molar-refractivity contribution in [3.8, 4) is 11.8 Å². The Hall–Kier alpha value is -3.88. The number of unbranched alkanes of at least 4 members (excludes halogenated alkanes) is 2. The molecule has 0 aliphatic carbocycles. The molecule has 6 rings (SSSR count). The molecule has 0 radical (unpaired) electrons. The average molecular weight is 749 g/mol. The molecule has 0 amide bonds. The van der Waals surface area contributed by atoms with Gasteiger partial charge in [-0.3, -0.25) is 0 Å². The zero-order valence-electron chi connectivity index (χ0n) is 32.3. The molecular weight excluding hydrogens is 693 g/mol. The highest BCUT2D eigenvalue weighted by atomic mass is 16.8. The molecule has 0 aromatic heterocycles. The summed E-state index contributed by atoms with van der Waals surface area (Å²) in [5.41, 5.74) is 4.09. The Labute approximate surface area is 327 Å². The van der Waals surface area contributed by atoms with Crippen LogP contribution in [0.15, 0.2) is 121 Å². The Morgan fingerprint density at radius 3 is 1.64 bits per heavy atom. The Kier molecular flexibility index (Phi) is 15.5. The Bertz CT molecular complexity index is 1730. The molecule has 8 heteroatoms. The molecule has 2 aliphatic heterocycles. The fourth-order valence-electron chi connectivity index (χ4n) is 7.10. The van der Waals surface area contributed by atoms with Crippen molar-refractivity contribution in [1.29, 1.82) is 0 Å². The van der Waals surface area contributed by atoms with Crippen molar-refractivity contribution in [3.63, 3.8) is 0 Å². The average Bonchev–Trinajstić information content (AvgIpc) is 3.53. The van der Waals surface area contributed by atoms with Gasteiger partial charge in [-0.1, -0.05) is 159 Å². The summed E-state index contributed by atoms with van der Waals surface area (Å²) in [6.45, 7) is 7.51. The summed E-state index contributed by atoms with van der Waals surface area (Å²) in [4.78, 5) is 0. The van der Waals surface area contributed by atoms with Gasteiger partial charge in [-0.15, -0.1) is 0 Å². The highest BCUT2D eigenvalue weighted by Crippen LogP contribution is 2.34. The molecule has 4 aromatic rings. The van der Waals surface area contributed by atoms with E-state index >= 15 is 0 Å². The van der Waals surface area contributed by atoms with Gasteiger partial charge >= 0.3 is 0 Å². The smallest absolute Gasteiger partial charge is 0.163 e. The van der Waals surface area contributed by atoms with E-state index in [4.69, 9.17) is 33.2 Å². The van der Waals surface area contributed by atoms with Crippen molar-refractivity contribution in [2.75, 3.05) is 6.61 Å². The molecule has 8 atom stereocenters. The number of aliphatic hydroxyl groups is 1. The van der Waals surface area contributed by atoms with Gasteiger partial charge < -0.3 is 38.3 Å². The predicted octanol–water partition coefficient (Wildman–Crippen LogP) is 8.19. The van der Waals surface area contributed by atoms with Gasteiger partial charge in [0, 0.05) is 0 Å². The molecule has 0 spiro atoms. The minimum absolute atomic E-state index is 0.221. The largest absolute Gasteiger partial charge is 0.378 e. The topological polar surface area (TPSA) is 84.8 Å². The molecular formula is C47H56O8. The minimum Gasteiger partial charge on any atom is -0.378 e. The normalized spacial score (nSPS) is 25.2. The van der Waals surface area contributed by atoms with Crippen molar-refractivity contribution in [3.05, 3.63) is 144 Å².